The maximum Gasteiger partial charge on any atom is 0.270 e. The monoisotopic (exact) mass is 361 g/mol. The Hall–Kier alpha value is -2.29. The van der Waals surface area contributed by atoms with Crippen LogP contribution in [0.1, 0.15) is 16.1 Å². The fourth-order valence-corrected chi connectivity index (χ4v) is 3.89. The first-order chi connectivity index (χ1) is 12.1. The molecule has 1 amide bonds. The standard InChI is InChI=1S/C17H19N3O4S/c21-17(16-3-1-2-8-18-16)19-13-14-4-6-15(7-5-14)25(22,23)20-9-11-24-12-10-20/h1-8H,9-13H2,(H,19,21). The molecule has 0 bridgehead atoms. The van der Waals surface area contributed by atoms with E-state index in [1.807, 2.05) is 0 Å². The largest absolute Gasteiger partial charge is 0.379 e. The molecule has 132 valence electrons. The highest BCUT2D eigenvalue weighted by molar-refractivity contribution is 7.89. The summed E-state index contributed by atoms with van der Waals surface area (Å²) in [7, 11) is -3.50. The molecule has 0 aliphatic carbocycles. The highest BCUT2D eigenvalue weighted by Gasteiger charge is 2.26. The molecule has 25 heavy (non-hydrogen) atoms. The Morgan fingerprint density at radius 1 is 1.12 bits per heavy atom. The van der Waals surface area contributed by atoms with E-state index < -0.39 is 10.0 Å². The predicted octanol–water partition coefficient (Wildman–Crippen LogP) is 1.03. The number of rotatable bonds is 5. The Kier molecular flexibility index (Phi) is 5.42. The van der Waals surface area contributed by atoms with E-state index >= 15 is 0 Å². The number of carbonyl (C=O) groups excluding carboxylic acids is 1. The van der Waals surface area contributed by atoms with Crippen LogP contribution in [0.3, 0.4) is 0 Å². The van der Waals surface area contributed by atoms with Crippen LogP contribution in [0.2, 0.25) is 0 Å². The molecule has 0 radical (unpaired) electrons. The topological polar surface area (TPSA) is 88.6 Å². The van der Waals surface area contributed by atoms with E-state index in [1.165, 1.54) is 4.31 Å². The molecule has 1 aliphatic rings. The Morgan fingerprint density at radius 2 is 1.84 bits per heavy atom. The number of pyridine rings is 1. The number of hydrogen-bond donors (Lipinski definition) is 1. The zero-order valence-electron chi connectivity index (χ0n) is 13.6. The van der Waals surface area contributed by atoms with Gasteiger partial charge in [-0.25, -0.2) is 8.42 Å². The lowest BCUT2D eigenvalue weighted by atomic mass is 10.2. The number of nitrogens with one attached hydrogen (secondary N) is 1. The molecule has 1 aromatic heterocycles. The van der Waals surface area contributed by atoms with Crippen molar-refractivity contribution < 1.29 is 17.9 Å². The molecule has 2 aromatic rings. The summed E-state index contributed by atoms with van der Waals surface area (Å²) in [5.41, 5.74) is 1.15. The van der Waals surface area contributed by atoms with Crippen molar-refractivity contribution in [1.82, 2.24) is 14.6 Å². The summed E-state index contributed by atoms with van der Waals surface area (Å²) < 4.78 is 31.7. The fraction of sp³-hybridized carbons (Fsp3) is 0.294. The van der Waals surface area contributed by atoms with Crippen molar-refractivity contribution in [1.29, 1.82) is 0 Å². The van der Waals surface area contributed by atoms with Crippen LogP contribution in [-0.2, 0) is 21.3 Å². The second-order valence-corrected chi connectivity index (χ2v) is 7.50. The van der Waals surface area contributed by atoms with Gasteiger partial charge in [0, 0.05) is 25.8 Å². The average molecular weight is 361 g/mol. The third-order valence-electron chi connectivity index (χ3n) is 3.88. The zero-order valence-corrected chi connectivity index (χ0v) is 14.4. The van der Waals surface area contributed by atoms with E-state index in [1.54, 1.807) is 48.7 Å². The molecule has 0 unspecified atom stereocenters. The number of hydrogen-bond acceptors (Lipinski definition) is 5. The van der Waals surface area contributed by atoms with Crippen LogP contribution in [0.5, 0.6) is 0 Å². The SMILES string of the molecule is O=C(NCc1ccc(S(=O)(=O)N2CCOCC2)cc1)c1ccccn1. The van der Waals surface area contributed by atoms with Gasteiger partial charge in [0.25, 0.3) is 5.91 Å². The van der Waals surface area contributed by atoms with Gasteiger partial charge in [0.1, 0.15) is 5.69 Å². The van der Waals surface area contributed by atoms with E-state index in [2.05, 4.69) is 10.3 Å². The molecule has 1 saturated heterocycles. The number of amides is 1. The van der Waals surface area contributed by atoms with Gasteiger partial charge < -0.3 is 10.1 Å². The van der Waals surface area contributed by atoms with E-state index in [0.717, 1.165) is 5.56 Å². The van der Waals surface area contributed by atoms with Crippen LogP contribution >= 0.6 is 0 Å². The predicted molar refractivity (Wildman–Crippen MR) is 91.4 cm³/mol. The second kappa shape index (κ2) is 7.73. The first-order valence-corrected chi connectivity index (χ1v) is 9.37. The first-order valence-electron chi connectivity index (χ1n) is 7.93. The van der Waals surface area contributed by atoms with Crippen LogP contribution in [0, 0.1) is 0 Å². The van der Waals surface area contributed by atoms with Crippen molar-refractivity contribution in [2.75, 3.05) is 26.3 Å². The number of aromatic nitrogens is 1. The minimum Gasteiger partial charge on any atom is -0.379 e. The first kappa shape index (κ1) is 17.5. The Morgan fingerprint density at radius 3 is 2.48 bits per heavy atom. The summed E-state index contributed by atoms with van der Waals surface area (Å²) in [5.74, 6) is -0.273. The molecule has 1 fully saturated rings. The van der Waals surface area contributed by atoms with Crippen LogP contribution in [0.4, 0.5) is 0 Å². The lowest BCUT2D eigenvalue weighted by molar-refractivity contribution is 0.0730. The third kappa shape index (κ3) is 4.22. The summed E-state index contributed by atoms with van der Waals surface area (Å²) in [5, 5.41) is 2.76. The number of sulfonamides is 1. The number of morpholine rings is 1. The van der Waals surface area contributed by atoms with Crippen LogP contribution < -0.4 is 5.32 Å². The smallest absolute Gasteiger partial charge is 0.270 e. The number of benzene rings is 1. The van der Waals surface area contributed by atoms with Gasteiger partial charge in [0.2, 0.25) is 10.0 Å². The second-order valence-electron chi connectivity index (χ2n) is 5.56. The minimum absolute atomic E-state index is 0.245. The molecule has 0 saturated carbocycles. The highest BCUT2D eigenvalue weighted by atomic mass is 32.2. The quantitative estimate of drug-likeness (QED) is 0.859. The molecule has 3 rings (SSSR count). The lowest BCUT2D eigenvalue weighted by Gasteiger charge is -2.26. The summed E-state index contributed by atoms with van der Waals surface area (Å²) in [6.45, 7) is 1.86. The molecular weight excluding hydrogens is 342 g/mol. The Bertz CT molecular complexity index is 817. The minimum atomic E-state index is -3.50. The van der Waals surface area contributed by atoms with Gasteiger partial charge in [-0.2, -0.15) is 4.31 Å². The van der Waals surface area contributed by atoms with E-state index in [4.69, 9.17) is 4.74 Å². The van der Waals surface area contributed by atoms with E-state index in [0.29, 0.717) is 38.5 Å². The Balaban J connectivity index is 1.63. The van der Waals surface area contributed by atoms with Gasteiger partial charge in [-0.05, 0) is 29.8 Å². The van der Waals surface area contributed by atoms with E-state index in [-0.39, 0.29) is 10.8 Å². The highest BCUT2D eigenvalue weighted by Crippen LogP contribution is 2.17. The molecule has 0 spiro atoms. The summed E-state index contributed by atoms with van der Waals surface area (Å²) in [6.07, 6.45) is 1.56. The van der Waals surface area contributed by atoms with Crippen LogP contribution in [-0.4, -0.2) is 49.9 Å². The molecule has 7 nitrogen and oxygen atoms in total. The van der Waals surface area contributed by atoms with Crippen molar-refractivity contribution in [3.8, 4) is 0 Å². The van der Waals surface area contributed by atoms with Gasteiger partial charge >= 0.3 is 0 Å². The number of ether oxygens (including phenoxy) is 1. The Labute approximate surface area is 146 Å². The van der Waals surface area contributed by atoms with Crippen molar-refractivity contribution in [3.05, 3.63) is 59.9 Å². The van der Waals surface area contributed by atoms with Crippen molar-refractivity contribution in [2.45, 2.75) is 11.4 Å². The summed E-state index contributed by atoms with van der Waals surface area (Å²) in [4.78, 5) is 16.2. The maximum atomic E-state index is 12.5. The summed E-state index contributed by atoms with van der Waals surface area (Å²) >= 11 is 0. The molecular formula is C17H19N3O4S. The van der Waals surface area contributed by atoms with Gasteiger partial charge in [0.15, 0.2) is 0 Å². The molecule has 1 N–H and O–H groups in total. The fourth-order valence-electron chi connectivity index (χ4n) is 2.49. The molecule has 8 heteroatoms. The van der Waals surface area contributed by atoms with Crippen LogP contribution in [0.15, 0.2) is 53.6 Å². The van der Waals surface area contributed by atoms with Crippen LogP contribution in [0.25, 0.3) is 0 Å². The number of carbonyl (C=O) groups is 1. The van der Waals surface area contributed by atoms with E-state index in [9.17, 15) is 13.2 Å². The van der Waals surface area contributed by atoms with Gasteiger partial charge in [0.05, 0.1) is 18.1 Å². The summed E-state index contributed by atoms with van der Waals surface area (Å²) in [6, 6.07) is 11.6. The van der Waals surface area contributed by atoms with Gasteiger partial charge in [-0.1, -0.05) is 18.2 Å². The van der Waals surface area contributed by atoms with Crippen molar-refractivity contribution in [2.24, 2.45) is 0 Å². The number of nitrogens with zero attached hydrogens (tertiary/aromatic N) is 2. The molecule has 1 aliphatic heterocycles. The lowest BCUT2D eigenvalue weighted by Crippen LogP contribution is -2.40. The normalized spacial score (nSPS) is 15.7. The average Bonchev–Trinajstić information content (AvgIpc) is 2.68. The van der Waals surface area contributed by atoms with Crippen molar-refractivity contribution in [3.63, 3.8) is 0 Å². The zero-order chi connectivity index (χ0) is 17.7. The van der Waals surface area contributed by atoms with Gasteiger partial charge in [-0.15, -0.1) is 0 Å². The van der Waals surface area contributed by atoms with Gasteiger partial charge in [-0.3, -0.25) is 9.78 Å². The maximum absolute atomic E-state index is 12.5. The molecule has 0 atom stereocenters. The molecule has 1 aromatic carbocycles. The van der Waals surface area contributed by atoms with Crippen molar-refractivity contribution >= 4 is 15.9 Å². The molecule has 2 heterocycles. The third-order valence-corrected chi connectivity index (χ3v) is 5.79.